The molecular weight excluding hydrogens is 416 g/mol. The number of aliphatic hydroxyl groups excluding tert-OH is 1. The smallest absolute Gasteiger partial charge is 0.320 e. The van der Waals surface area contributed by atoms with E-state index in [1.54, 1.807) is 0 Å². The van der Waals surface area contributed by atoms with E-state index in [1.807, 2.05) is 0 Å². The summed E-state index contributed by atoms with van der Waals surface area (Å²) in [5.41, 5.74) is 5.46. The van der Waals surface area contributed by atoms with Crippen LogP contribution in [-0.4, -0.2) is 54.6 Å². The van der Waals surface area contributed by atoms with Crippen molar-refractivity contribution < 1.29 is 19.7 Å². The van der Waals surface area contributed by atoms with E-state index in [-0.39, 0.29) is 0 Å². The Morgan fingerprint density at radius 2 is 1.27 bits per heavy atom. The summed E-state index contributed by atoms with van der Waals surface area (Å²) < 4.78 is 5.58. The molecule has 0 aliphatic heterocycles. The molecule has 1 unspecified atom stereocenters. The monoisotopic (exact) mass is 472 g/mol. The van der Waals surface area contributed by atoms with E-state index < -0.39 is 18.1 Å². The number of nitrogens with two attached hydrogens (primary N) is 1. The van der Waals surface area contributed by atoms with Gasteiger partial charge in [0.25, 0.3) is 0 Å². The standard InChI is InChI=1S/C27H56N2O4/c1-2-3-4-5-6-7-8-9-10-11-12-13-14-15-16-19-22-33-24-25(30)23-29-21-18-17-20-26(28)27(31)32/h25-26,29-30H,2-24,28H2,1H3,(H,31,32)/t25?,26-/m0/s1. The van der Waals surface area contributed by atoms with Crippen LogP contribution in [0.1, 0.15) is 129 Å². The average molecular weight is 473 g/mol. The first-order chi connectivity index (χ1) is 16.1. The zero-order valence-electron chi connectivity index (χ0n) is 21.7. The maximum absolute atomic E-state index is 10.6. The Hall–Kier alpha value is -0.690. The molecule has 0 aliphatic carbocycles. The van der Waals surface area contributed by atoms with E-state index in [1.165, 1.54) is 96.3 Å². The fraction of sp³-hybridized carbons (Fsp3) is 0.963. The molecule has 0 saturated carbocycles. The SMILES string of the molecule is CCCCCCCCCCCCCCCCCCOCC(O)CNCCCC[C@H](N)C(=O)O. The molecule has 0 bridgehead atoms. The quantitative estimate of drug-likeness (QED) is 0.113. The van der Waals surface area contributed by atoms with Crippen molar-refractivity contribution in [3.8, 4) is 0 Å². The van der Waals surface area contributed by atoms with Crippen molar-refractivity contribution in [2.24, 2.45) is 5.73 Å². The summed E-state index contributed by atoms with van der Waals surface area (Å²) in [4.78, 5) is 10.6. The molecule has 0 aromatic rings. The number of aliphatic hydroxyl groups is 1. The van der Waals surface area contributed by atoms with Gasteiger partial charge in [-0.1, -0.05) is 110 Å². The van der Waals surface area contributed by atoms with Gasteiger partial charge in [-0.2, -0.15) is 0 Å². The molecule has 0 spiro atoms. The van der Waals surface area contributed by atoms with Crippen LogP contribution in [0.2, 0.25) is 0 Å². The van der Waals surface area contributed by atoms with Crippen molar-refractivity contribution in [2.45, 2.75) is 141 Å². The maximum atomic E-state index is 10.6. The molecule has 0 heterocycles. The Kier molecular flexibility index (Phi) is 25.4. The highest BCUT2D eigenvalue weighted by Crippen LogP contribution is 2.13. The van der Waals surface area contributed by atoms with Crippen molar-refractivity contribution in [3.63, 3.8) is 0 Å². The summed E-state index contributed by atoms with van der Waals surface area (Å²) in [5.74, 6) is -0.945. The molecule has 0 radical (unpaired) electrons. The molecule has 6 nitrogen and oxygen atoms in total. The largest absolute Gasteiger partial charge is 0.480 e. The van der Waals surface area contributed by atoms with Crippen LogP contribution in [0.5, 0.6) is 0 Å². The van der Waals surface area contributed by atoms with Crippen LogP contribution in [0, 0.1) is 0 Å². The van der Waals surface area contributed by atoms with Gasteiger partial charge in [0.1, 0.15) is 6.04 Å². The molecule has 2 atom stereocenters. The summed E-state index contributed by atoms with van der Waals surface area (Å²) in [6.07, 6.45) is 23.4. The van der Waals surface area contributed by atoms with Crippen LogP contribution in [0.3, 0.4) is 0 Å². The van der Waals surface area contributed by atoms with Gasteiger partial charge in [0.15, 0.2) is 0 Å². The molecule has 6 heteroatoms. The number of rotatable bonds is 27. The predicted octanol–water partition coefficient (Wildman–Crippen LogP) is 5.80. The number of carbonyl (C=O) groups is 1. The number of carboxylic acids is 1. The lowest BCUT2D eigenvalue weighted by atomic mass is 10.0. The van der Waals surface area contributed by atoms with Crippen molar-refractivity contribution >= 4 is 5.97 Å². The first kappa shape index (κ1) is 32.3. The molecule has 0 saturated heterocycles. The molecule has 33 heavy (non-hydrogen) atoms. The average Bonchev–Trinajstić information content (AvgIpc) is 2.80. The number of hydrogen-bond donors (Lipinski definition) is 4. The summed E-state index contributed by atoms with van der Waals surface area (Å²) in [6.45, 7) is 4.63. The molecule has 0 aliphatic rings. The minimum Gasteiger partial charge on any atom is -0.480 e. The van der Waals surface area contributed by atoms with Crippen LogP contribution in [-0.2, 0) is 9.53 Å². The zero-order chi connectivity index (χ0) is 24.4. The second-order valence-electron chi connectivity index (χ2n) is 9.68. The highest BCUT2D eigenvalue weighted by molar-refractivity contribution is 5.72. The van der Waals surface area contributed by atoms with Gasteiger partial charge in [-0.15, -0.1) is 0 Å². The van der Waals surface area contributed by atoms with Crippen LogP contribution in [0.4, 0.5) is 0 Å². The summed E-state index contributed by atoms with van der Waals surface area (Å²) in [7, 11) is 0. The second kappa shape index (κ2) is 25.9. The number of ether oxygens (including phenoxy) is 1. The molecule has 0 rings (SSSR count). The fourth-order valence-electron chi connectivity index (χ4n) is 4.04. The lowest BCUT2D eigenvalue weighted by Crippen LogP contribution is -2.32. The minimum atomic E-state index is -0.945. The third kappa shape index (κ3) is 25.8. The Bertz CT molecular complexity index is 410. The third-order valence-corrected chi connectivity index (χ3v) is 6.27. The summed E-state index contributed by atoms with van der Waals surface area (Å²) in [6, 6.07) is -0.770. The minimum absolute atomic E-state index is 0.371. The van der Waals surface area contributed by atoms with Gasteiger partial charge >= 0.3 is 5.97 Å². The van der Waals surface area contributed by atoms with E-state index in [9.17, 15) is 9.90 Å². The van der Waals surface area contributed by atoms with E-state index in [0.29, 0.717) is 19.6 Å². The van der Waals surface area contributed by atoms with Crippen LogP contribution in [0.15, 0.2) is 0 Å². The first-order valence-corrected chi connectivity index (χ1v) is 14.0. The Morgan fingerprint density at radius 3 is 1.76 bits per heavy atom. The van der Waals surface area contributed by atoms with Crippen molar-refractivity contribution in [1.29, 1.82) is 0 Å². The first-order valence-electron chi connectivity index (χ1n) is 14.0. The lowest BCUT2D eigenvalue weighted by Gasteiger charge is -2.12. The van der Waals surface area contributed by atoms with Crippen molar-refractivity contribution in [1.82, 2.24) is 5.32 Å². The Balaban J connectivity index is 3.17. The maximum Gasteiger partial charge on any atom is 0.320 e. The third-order valence-electron chi connectivity index (χ3n) is 6.27. The van der Waals surface area contributed by atoms with Crippen LogP contribution in [0.25, 0.3) is 0 Å². The number of hydrogen-bond acceptors (Lipinski definition) is 5. The predicted molar refractivity (Wildman–Crippen MR) is 139 cm³/mol. The van der Waals surface area contributed by atoms with Gasteiger partial charge in [-0.3, -0.25) is 4.79 Å². The van der Waals surface area contributed by atoms with Gasteiger partial charge in [-0.25, -0.2) is 0 Å². The number of carboxylic acid groups (broad SMARTS) is 1. The second-order valence-corrected chi connectivity index (χ2v) is 9.68. The number of unbranched alkanes of at least 4 members (excludes halogenated alkanes) is 16. The van der Waals surface area contributed by atoms with E-state index in [0.717, 1.165) is 32.4 Å². The zero-order valence-corrected chi connectivity index (χ0v) is 21.7. The molecular formula is C27H56N2O4. The topological polar surface area (TPSA) is 105 Å². The van der Waals surface area contributed by atoms with Gasteiger partial charge in [0.2, 0.25) is 0 Å². The van der Waals surface area contributed by atoms with Crippen molar-refractivity contribution in [2.75, 3.05) is 26.3 Å². The van der Waals surface area contributed by atoms with Crippen molar-refractivity contribution in [3.05, 3.63) is 0 Å². The molecule has 0 aromatic heterocycles. The fourth-order valence-corrected chi connectivity index (χ4v) is 4.04. The number of nitrogens with one attached hydrogen (secondary N) is 1. The molecule has 198 valence electrons. The molecule has 0 aromatic carbocycles. The highest BCUT2D eigenvalue weighted by Gasteiger charge is 2.10. The molecule has 0 fully saturated rings. The number of aliphatic carboxylic acids is 1. The van der Waals surface area contributed by atoms with Crippen LogP contribution < -0.4 is 11.1 Å². The van der Waals surface area contributed by atoms with E-state index in [4.69, 9.17) is 15.6 Å². The van der Waals surface area contributed by atoms with E-state index >= 15 is 0 Å². The summed E-state index contributed by atoms with van der Waals surface area (Å²) in [5, 5.41) is 21.8. The van der Waals surface area contributed by atoms with Gasteiger partial charge in [0.05, 0.1) is 12.7 Å². The van der Waals surface area contributed by atoms with Gasteiger partial charge in [-0.05, 0) is 25.8 Å². The van der Waals surface area contributed by atoms with Gasteiger partial charge < -0.3 is 26.0 Å². The lowest BCUT2D eigenvalue weighted by molar-refractivity contribution is -0.138. The normalized spacial score (nSPS) is 13.3. The molecule has 5 N–H and O–H groups in total. The summed E-state index contributed by atoms with van der Waals surface area (Å²) >= 11 is 0. The highest BCUT2D eigenvalue weighted by atomic mass is 16.5. The van der Waals surface area contributed by atoms with Gasteiger partial charge in [0, 0.05) is 13.2 Å². The van der Waals surface area contributed by atoms with Crippen LogP contribution >= 0.6 is 0 Å². The molecule has 0 amide bonds. The Morgan fingerprint density at radius 1 is 0.788 bits per heavy atom. The van der Waals surface area contributed by atoms with E-state index in [2.05, 4.69) is 12.2 Å². The Labute approximate surface area is 204 Å².